The molecule has 0 radical (unpaired) electrons. The Balaban J connectivity index is 1.85. The Morgan fingerprint density at radius 1 is 1.44 bits per heavy atom. The molecule has 1 amide bonds. The Kier molecular flexibility index (Phi) is 3.45. The zero-order valence-corrected chi connectivity index (χ0v) is 9.69. The number of rotatable bonds is 1. The summed E-state index contributed by atoms with van der Waals surface area (Å²) in [6, 6.07) is 2.28. The van der Waals surface area contributed by atoms with E-state index in [1.165, 1.54) is 0 Å². The summed E-state index contributed by atoms with van der Waals surface area (Å²) in [6.07, 6.45) is 2.71. The van der Waals surface area contributed by atoms with Crippen LogP contribution in [0.5, 0.6) is 0 Å². The van der Waals surface area contributed by atoms with Gasteiger partial charge in [-0.05, 0) is 26.2 Å². The summed E-state index contributed by atoms with van der Waals surface area (Å²) in [4.78, 5) is 14.0. The highest BCUT2D eigenvalue weighted by Crippen LogP contribution is 2.24. The predicted octanol–water partition coefficient (Wildman–Crippen LogP) is 1.17. The third-order valence-corrected chi connectivity index (χ3v) is 3.54. The Hall–Kier alpha value is -1.08. The fourth-order valence-corrected chi connectivity index (χ4v) is 2.48. The molecule has 4 nitrogen and oxygen atoms in total. The third kappa shape index (κ3) is 2.35. The number of nitriles is 1. The van der Waals surface area contributed by atoms with Crippen LogP contribution >= 0.6 is 0 Å². The monoisotopic (exact) mass is 222 g/mol. The summed E-state index contributed by atoms with van der Waals surface area (Å²) in [5.74, 6) is 0.414. The van der Waals surface area contributed by atoms with Crippen molar-refractivity contribution in [1.29, 1.82) is 5.26 Å². The lowest BCUT2D eigenvalue weighted by atomic mass is 9.96. The van der Waals surface area contributed by atoms with Gasteiger partial charge >= 0.3 is 0 Å². The fraction of sp³-hybridized carbons (Fsp3) is 0.833. The van der Waals surface area contributed by atoms with E-state index in [1.54, 1.807) is 0 Å². The summed E-state index contributed by atoms with van der Waals surface area (Å²) in [5, 5.41) is 8.79. The van der Waals surface area contributed by atoms with Crippen molar-refractivity contribution in [3.8, 4) is 6.07 Å². The highest BCUT2D eigenvalue weighted by molar-refractivity contribution is 5.79. The quantitative estimate of drug-likeness (QED) is 0.669. The SMILES string of the molecule is CC1CC(C(=O)N2CCC(C#N)CC2)CO1. The second-order valence-electron chi connectivity index (χ2n) is 4.81. The Bertz CT molecular complexity index is 303. The Morgan fingerprint density at radius 3 is 2.62 bits per heavy atom. The summed E-state index contributed by atoms with van der Waals surface area (Å²) in [7, 11) is 0. The molecule has 0 spiro atoms. The van der Waals surface area contributed by atoms with Crippen molar-refractivity contribution in [1.82, 2.24) is 4.90 Å². The van der Waals surface area contributed by atoms with Crippen LogP contribution in [0.1, 0.15) is 26.2 Å². The molecule has 2 fully saturated rings. The lowest BCUT2D eigenvalue weighted by Gasteiger charge is -2.30. The summed E-state index contributed by atoms with van der Waals surface area (Å²) < 4.78 is 5.42. The topological polar surface area (TPSA) is 53.3 Å². The zero-order valence-electron chi connectivity index (χ0n) is 9.69. The van der Waals surface area contributed by atoms with Gasteiger partial charge in [-0.15, -0.1) is 0 Å². The minimum absolute atomic E-state index is 0.0497. The minimum Gasteiger partial charge on any atom is -0.378 e. The van der Waals surface area contributed by atoms with E-state index in [0.717, 1.165) is 32.4 Å². The lowest BCUT2D eigenvalue weighted by molar-refractivity contribution is -0.136. The van der Waals surface area contributed by atoms with E-state index in [9.17, 15) is 4.79 Å². The number of carbonyl (C=O) groups excluding carboxylic acids is 1. The normalized spacial score (nSPS) is 31.4. The number of hydrogen-bond donors (Lipinski definition) is 0. The van der Waals surface area contributed by atoms with Crippen molar-refractivity contribution in [2.75, 3.05) is 19.7 Å². The van der Waals surface area contributed by atoms with Crippen LogP contribution in [0.15, 0.2) is 0 Å². The van der Waals surface area contributed by atoms with Gasteiger partial charge in [0.1, 0.15) is 0 Å². The van der Waals surface area contributed by atoms with Gasteiger partial charge in [0.2, 0.25) is 5.91 Å². The van der Waals surface area contributed by atoms with Crippen LogP contribution in [-0.2, 0) is 9.53 Å². The van der Waals surface area contributed by atoms with Crippen LogP contribution in [0, 0.1) is 23.2 Å². The molecule has 16 heavy (non-hydrogen) atoms. The fourth-order valence-electron chi connectivity index (χ4n) is 2.48. The molecule has 2 heterocycles. The molecule has 0 N–H and O–H groups in total. The van der Waals surface area contributed by atoms with Gasteiger partial charge < -0.3 is 9.64 Å². The highest BCUT2D eigenvalue weighted by Gasteiger charge is 2.33. The van der Waals surface area contributed by atoms with Crippen LogP contribution in [-0.4, -0.2) is 36.6 Å². The van der Waals surface area contributed by atoms with Gasteiger partial charge in [0, 0.05) is 19.0 Å². The Labute approximate surface area is 96.2 Å². The molecule has 0 saturated carbocycles. The molecule has 2 aliphatic rings. The maximum absolute atomic E-state index is 12.1. The van der Waals surface area contributed by atoms with Crippen molar-refractivity contribution in [3.05, 3.63) is 0 Å². The summed E-state index contributed by atoms with van der Waals surface area (Å²) in [5.41, 5.74) is 0. The van der Waals surface area contributed by atoms with E-state index < -0.39 is 0 Å². The van der Waals surface area contributed by atoms with E-state index in [-0.39, 0.29) is 23.8 Å². The van der Waals surface area contributed by atoms with Crippen LogP contribution in [0.3, 0.4) is 0 Å². The average molecular weight is 222 g/mol. The first kappa shape index (κ1) is 11.4. The first-order valence-electron chi connectivity index (χ1n) is 6.00. The first-order valence-corrected chi connectivity index (χ1v) is 6.00. The molecule has 2 rings (SSSR count). The van der Waals surface area contributed by atoms with Crippen molar-refractivity contribution in [2.45, 2.75) is 32.3 Å². The number of piperidine rings is 1. The van der Waals surface area contributed by atoms with E-state index in [0.29, 0.717) is 6.61 Å². The molecule has 0 aliphatic carbocycles. The van der Waals surface area contributed by atoms with Gasteiger partial charge in [-0.1, -0.05) is 0 Å². The van der Waals surface area contributed by atoms with Crippen LogP contribution in [0.2, 0.25) is 0 Å². The van der Waals surface area contributed by atoms with Gasteiger partial charge in [0.05, 0.1) is 24.7 Å². The second kappa shape index (κ2) is 4.84. The molecule has 2 unspecified atom stereocenters. The number of nitrogens with zero attached hydrogens (tertiary/aromatic N) is 2. The molecule has 0 bridgehead atoms. The van der Waals surface area contributed by atoms with E-state index in [4.69, 9.17) is 10.00 Å². The van der Waals surface area contributed by atoms with Gasteiger partial charge in [-0.2, -0.15) is 5.26 Å². The lowest BCUT2D eigenvalue weighted by Crippen LogP contribution is -2.41. The number of hydrogen-bond acceptors (Lipinski definition) is 3. The molecule has 4 heteroatoms. The summed E-state index contributed by atoms with van der Waals surface area (Å²) in [6.45, 7) is 4.05. The maximum Gasteiger partial charge on any atom is 0.228 e. The number of ether oxygens (including phenoxy) is 1. The predicted molar refractivity (Wildman–Crippen MR) is 58.4 cm³/mol. The van der Waals surface area contributed by atoms with E-state index in [1.807, 2.05) is 11.8 Å². The maximum atomic E-state index is 12.1. The van der Waals surface area contributed by atoms with Gasteiger partial charge in [0.15, 0.2) is 0 Å². The third-order valence-electron chi connectivity index (χ3n) is 3.54. The smallest absolute Gasteiger partial charge is 0.228 e. The molecule has 0 aromatic carbocycles. The Morgan fingerprint density at radius 2 is 2.12 bits per heavy atom. The van der Waals surface area contributed by atoms with E-state index in [2.05, 4.69) is 6.07 Å². The van der Waals surface area contributed by atoms with Gasteiger partial charge in [-0.3, -0.25) is 4.79 Å². The number of likely N-dealkylation sites (tertiary alicyclic amines) is 1. The number of carbonyl (C=O) groups is 1. The average Bonchev–Trinajstić information content (AvgIpc) is 2.75. The molecular weight excluding hydrogens is 204 g/mol. The van der Waals surface area contributed by atoms with Crippen molar-refractivity contribution >= 4 is 5.91 Å². The minimum atomic E-state index is 0.0497. The van der Waals surface area contributed by atoms with Gasteiger partial charge in [0.25, 0.3) is 0 Å². The number of amides is 1. The highest BCUT2D eigenvalue weighted by atomic mass is 16.5. The van der Waals surface area contributed by atoms with Crippen molar-refractivity contribution in [3.63, 3.8) is 0 Å². The molecule has 2 saturated heterocycles. The van der Waals surface area contributed by atoms with Crippen LogP contribution in [0.4, 0.5) is 0 Å². The van der Waals surface area contributed by atoms with Gasteiger partial charge in [-0.25, -0.2) is 0 Å². The summed E-state index contributed by atoms with van der Waals surface area (Å²) >= 11 is 0. The van der Waals surface area contributed by atoms with E-state index >= 15 is 0 Å². The van der Waals surface area contributed by atoms with Crippen molar-refractivity contribution in [2.24, 2.45) is 11.8 Å². The standard InChI is InChI=1S/C12H18N2O2/c1-9-6-11(8-16-9)12(15)14-4-2-10(7-13)3-5-14/h9-11H,2-6,8H2,1H3. The first-order chi connectivity index (χ1) is 7.70. The van der Waals surface area contributed by atoms with Crippen molar-refractivity contribution < 1.29 is 9.53 Å². The molecule has 0 aromatic rings. The zero-order chi connectivity index (χ0) is 11.5. The molecule has 2 aliphatic heterocycles. The molecule has 0 aromatic heterocycles. The second-order valence-corrected chi connectivity index (χ2v) is 4.81. The van der Waals surface area contributed by atoms with Crippen LogP contribution in [0.25, 0.3) is 0 Å². The molecule has 88 valence electrons. The molecular formula is C12H18N2O2. The molecule has 2 atom stereocenters. The largest absolute Gasteiger partial charge is 0.378 e. The van der Waals surface area contributed by atoms with Crippen LogP contribution < -0.4 is 0 Å².